The average Bonchev–Trinajstić information content (AvgIpc) is 3.16. The Kier molecular flexibility index (Phi) is 9.79. The van der Waals surface area contributed by atoms with E-state index >= 15 is 0 Å². The van der Waals surface area contributed by atoms with Crippen molar-refractivity contribution in [1.82, 2.24) is 9.80 Å². The van der Waals surface area contributed by atoms with Crippen LogP contribution < -0.4 is 4.74 Å². The van der Waals surface area contributed by atoms with Crippen molar-refractivity contribution < 1.29 is 24.4 Å². The van der Waals surface area contributed by atoms with E-state index in [1.54, 1.807) is 24.3 Å². The van der Waals surface area contributed by atoms with Gasteiger partial charge >= 0.3 is 0 Å². The van der Waals surface area contributed by atoms with Crippen LogP contribution >= 0.6 is 0 Å². The zero-order valence-electron chi connectivity index (χ0n) is 21.7. The number of benzene rings is 2. The number of aliphatic hydroxyl groups excluding tert-OH is 1. The van der Waals surface area contributed by atoms with Crippen LogP contribution in [0.3, 0.4) is 0 Å². The average molecular weight is 510 g/mol. The first kappa shape index (κ1) is 27.9. The number of likely N-dealkylation sites (tertiary alicyclic amines) is 1. The number of ketones is 1. The number of hydrogen-bond acceptors (Lipinski definition) is 7. The second-order valence-corrected chi connectivity index (χ2v) is 8.95. The van der Waals surface area contributed by atoms with Gasteiger partial charge in [-0.1, -0.05) is 39.3 Å². The van der Waals surface area contributed by atoms with Gasteiger partial charge in [0.05, 0.1) is 23.1 Å². The van der Waals surface area contributed by atoms with E-state index in [4.69, 9.17) is 4.74 Å². The molecule has 0 radical (unpaired) electrons. The highest BCUT2D eigenvalue weighted by molar-refractivity contribution is 6.46. The quantitative estimate of drug-likeness (QED) is 0.102. The maximum Gasteiger partial charge on any atom is 0.295 e. The molecule has 198 valence electrons. The van der Waals surface area contributed by atoms with Crippen molar-refractivity contribution in [3.05, 3.63) is 75.3 Å². The fourth-order valence-corrected chi connectivity index (χ4v) is 4.46. The molecule has 1 atom stereocenters. The molecule has 0 bridgehead atoms. The number of non-ortho nitro benzene ring substituents is 1. The zero-order chi connectivity index (χ0) is 26.9. The Morgan fingerprint density at radius 3 is 2.41 bits per heavy atom. The van der Waals surface area contributed by atoms with Gasteiger partial charge in [-0.25, -0.2) is 0 Å². The first-order valence-corrected chi connectivity index (χ1v) is 12.8. The summed E-state index contributed by atoms with van der Waals surface area (Å²) in [7, 11) is 0. The SMILES string of the molecule is CCCCOc1cccc(/C(O)=C2\C(=O)C(=O)N(CCCN(CC)CC)C2c2ccc([N+](=O)[O-])cc2)c1. The number of carbonyl (C=O) groups is 2. The molecule has 0 aromatic heterocycles. The Balaban J connectivity index is 2.02. The van der Waals surface area contributed by atoms with Crippen molar-refractivity contribution in [2.75, 3.05) is 32.8 Å². The van der Waals surface area contributed by atoms with E-state index in [0.29, 0.717) is 36.4 Å². The molecule has 9 heteroatoms. The Bertz CT molecular complexity index is 1140. The maximum absolute atomic E-state index is 13.2. The van der Waals surface area contributed by atoms with Crippen LogP contribution in [0.2, 0.25) is 0 Å². The molecular formula is C28H35N3O6. The number of carbonyl (C=O) groups excluding carboxylic acids is 2. The third-order valence-electron chi connectivity index (χ3n) is 6.60. The van der Waals surface area contributed by atoms with E-state index in [9.17, 15) is 24.8 Å². The summed E-state index contributed by atoms with van der Waals surface area (Å²) in [6, 6.07) is 11.7. The van der Waals surface area contributed by atoms with Crippen molar-refractivity contribution in [2.45, 2.75) is 46.1 Å². The second kappa shape index (κ2) is 13.0. The summed E-state index contributed by atoms with van der Waals surface area (Å²) < 4.78 is 5.75. The summed E-state index contributed by atoms with van der Waals surface area (Å²) >= 11 is 0. The van der Waals surface area contributed by atoms with Crippen LogP contribution in [0.15, 0.2) is 54.1 Å². The van der Waals surface area contributed by atoms with Crippen molar-refractivity contribution in [1.29, 1.82) is 0 Å². The van der Waals surface area contributed by atoms with Gasteiger partial charge in [0.25, 0.3) is 17.4 Å². The van der Waals surface area contributed by atoms with Gasteiger partial charge in [-0.05, 0) is 62.3 Å². The molecular weight excluding hydrogens is 474 g/mol. The van der Waals surface area contributed by atoms with Gasteiger partial charge in [-0.2, -0.15) is 0 Å². The third kappa shape index (κ3) is 6.54. The number of unbranched alkanes of at least 4 members (excludes halogenated alkanes) is 1. The molecule has 37 heavy (non-hydrogen) atoms. The number of Topliss-reactive ketones (excluding diaryl/α,β-unsaturated/α-hetero) is 1. The first-order valence-electron chi connectivity index (χ1n) is 12.8. The van der Waals surface area contributed by atoms with Crippen LogP contribution in [0, 0.1) is 10.1 Å². The van der Waals surface area contributed by atoms with Crippen LogP contribution in [0.1, 0.15) is 57.2 Å². The number of aliphatic hydroxyl groups is 1. The van der Waals surface area contributed by atoms with Gasteiger partial charge in [0.2, 0.25) is 0 Å². The topological polar surface area (TPSA) is 113 Å². The molecule has 1 saturated heterocycles. The molecule has 1 amide bonds. The highest BCUT2D eigenvalue weighted by atomic mass is 16.6. The number of nitro groups is 1. The number of ether oxygens (including phenoxy) is 1. The molecule has 1 N–H and O–H groups in total. The van der Waals surface area contributed by atoms with Crippen molar-refractivity contribution in [3.63, 3.8) is 0 Å². The molecule has 3 rings (SSSR count). The fourth-order valence-electron chi connectivity index (χ4n) is 4.46. The standard InChI is InChI=1S/C28H35N3O6/c1-4-7-18-37-23-11-8-10-21(19-23)26(32)24-25(20-12-14-22(15-13-20)31(35)36)30(28(34)27(24)33)17-9-16-29(5-2)6-3/h8,10-15,19,25,32H,4-7,9,16-18H2,1-3H3/b26-24+. The molecule has 1 aliphatic heterocycles. The third-order valence-corrected chi connectivity index (χ3v) is 6.60. The first-order chi connectivity index (χ1) is 17.8. The monoisotopic (exact) mass is 509 g/mol. The summed E-state index contributed by atoms with van der Waals surface area (Å²) in [5.41, 5.74) is 0.748. The van der Waals surface area contributed by atoms with Gasteiger partial charge in [0.1, 0.15) is 11.5 Å². The number of nitro benzene ring substituents is 1. The number of amides is 1. The lowest BCUT2D eigenvalue weighted by atomic mass is 9.95. The summed E-state index contributed by atoms with van der Waals surface area (Å²) in [6.45, 7) is 9.51. The molecule has 1 fully saturated rings. The molecule has 0 saturated carbocycles. The Labute approximate surface area is 217 Å². The van der Waals surface area contributed by atoms with Crippen LogP contribution in [-0.2, 0) is 9.59 Å². The summed E-state index contributed by atoms with van der Waals surface area (Å²) in [5, 5.41) is 22.5. The summed E-state index contributed by atoms with van der Waals surface area (Å²) in [6.07, 6.45) is 2.50. The fraction of sp³-hybridized carbons (Fsp3) is 0.429. The van der Waals surface area contributed by atoms with Crippen molar-refractivity contribution in [3.8, 4) is 5.75 Å². The zero-order valence-corrected chi connectivity index (χ0v) is 21.7. The lowest BCUT2D eigenvalue weighted by Crippen LogP contribution is -2.33. The summed E-state index contributed by atoms with van der Waals surface area (Å²) in [4.78, 5) is 40.7. The minimum Gasteiger partial charge on any atom is -0.507 e. The highest BCUT2D eigenvalue weighted by Crippen LogP contribution is 2.40. The van der Waals surface area contributed by atoms with Gasteiger partial charge in [-0.15, -0.1) is 0 Å². The van der Waals surface area contributed by atoms with Crippen LogP contribution in [-0.4, -0.2) is 64.3 Å². The number of nitrogens with zero attached hydrogens (tertiary/aromatic N) is 3. The predicted molar refractivity (Wildman–Crippen MR) is 141 cm³/mol. The van der Waals surface area contributed by atoms with E-state index in [0.717, 1.165) is 32.5 Å². The molecule has 1 aliphatic rings. The Morgan fingerprint density at radius 2 is 1.78 bits per heavy atom. The van der Waals surface area contributed by atoms with Gasteiger partial charge in [-0.3, -0.25) is 19.7 Å². The molecule has 1 heterocycles. The van der Waals surface area contributed by atoms with Crippen LogP contribution in [0.5, 0.6) is 5.75 Å². The molecule has 2 aromatic rings. The van der Waals surface area contributed by atoms with Gasteiger partial charge in [0, 0.05) is 24.2 Å². The molecule has 0 aliphatic carbocycles. The Morgan fingerprint density at radius 1 is 1.08 bits per heavy atom. The molecule has 2 aromatic carbocycles. The van der Waals surface area contributed by atoms with Gasteiger partial charge in [0.15, 0.2) is 0 Å². The van der Waals surface area contributed by atoms with Crippen LogP contribution in [0.25, 0.3) is 5.76 Å². The van der Waals surface area contributed by atoms with Crippen LogP contribution in [0.4, 0.5) is 5.69 Å². The van der Waals surface area contributed by atoms with E-state index in [-0.39, 0.29) is 17.0 Å². The highest BCUT2D eigenvalue weighted by Gasteiger charge is 2.45. The molecule has 1 unspecified atom stereocenters. The molecule has 0 spiro atoms. The number of rotatable bonds is 13. The predicted octanol–water partition coefficient (Wildman–Crippen LogP) is 4.93. The minimum absolute atomic E-state index is 0.0348. The summed E-state index contributed by atoms with van der Waals surface area (Å²) in [5.74, 6) is -1.22. The van der Waals surface area contributed by atoms with E-state index < -0.39 is 22.7 Å². The lowest BCUT2D eigenvalue weighted by molar-refractivity contribution is -0.384. The maximum atomic E-state index is 13.2. The second-order valence-electron chi connectivity index (χ2n) is 8.95. The lowest BCUT2D eigenvalue weighted by Gasteiger charge is -2.26. The van der Waals surface area contributed by atoms with E-state index in [2.05, 4.69) is 25.7 Å². The molecule has 9 nitrogen and oxygen atoms in total. The minimum atomic E-state index is -0.859. The normalized spacial score (nSPS) is 17.0. The van der Waals surface area contributed by atoms with E-state index in [1.807, 2.05) is 0 Å². The largest absolute Gasteiger partial charge is 0.507 e. The smallest absolute Gasteiger partial charge is 0.295 e. The van der Waals surface area contributed by atoms with Gasteiger partial charge < -0.3 is 19.6 Å². The van der Waals surface area contributed by atoms with Crippen molar-refractivity contribution >= 4 is 23.1 Å². The number of hydrogen-bond donors (Lipinski definition) is 1. The van der Waals surface area contributed by atoms with Crippen molar-refractivity contribution in [2.24, 2.45) is 0 Å². The Hall–Kier alpha value is -3.72. The van der Waals surface area contributed by atoms with E-state index in [1.165, 1.54) is 29.2 Å².